The Balaban J connectivity index is 2.72. The smallest absolute Gasteiger partial charge is 0.244 e. The summed E-state index contributed by atoms with van der Waals surface area (Å²) in [7, 11) is -3.44. The molecule has 0 bridgehead atoms. The first-order valence-electron chi connectivity index (χ1n) is 5.05. The first kappa shape index (κ1) is 11.7. The van der Waals surface area contributed by atoms with Crippen molar-refractivity contribution in [2.45, 2.75) is 31.3 Å². The van der Waals surface area contributed by atoms with E-state index < -0.39 is 10.0 Å². The molecule has 0 saturated carbocycles. The van der Waals surface area contributed by atoms with Gasteiger partial charge in [-0.25, -0.2) is 8.42 Å². The van der Waals surface area contributed by atoms with Crippen molar-refractivity contribution in [2.24, 2.45) is 0 Å². The first-order valence-corrected chi connectivity index (χ1v) is 6.91. The number of halogens is 1. The molecule has 0 saturated heterocycles. The minimum atomic E-state index is -3.44. The molecular weight excluding hydrogens is 248 g/mol. The fraction of sp³-hybridized carbons (Fsp3) is 0.400. The zero-order valence-corrected chi connectivity index (χ0v) is 10.6. The molecule has 0 aromatic heterocycles. The molecule has 2 N–H and O–H groups in total. The van der Waals surface area contributed by atoms with Gasteiger partial charge < -0.3 is 5.32 Å². The van der Waals surface area contributed by atoms with Gasteiger partial charge in [0.05, 0.1) is 11.9 Å². The molecule has 1 aromatic rings. The van der Waals surface area contributed by atoms with E-state index in [1.807, 2.05) is 6.92 Å². The number of fused-ring (bicyclic) bond motifs is 1. The topological polar surface area (TPSA) is 58.2 Å². The van der Waals surface area contributed by atoms with Crippen LogP contribution in [0.4, 0.5) is 5.69 Å². The highest BCUT2D eigenvalue weighted by Crippen LogP contribution is 2.32. The van der Waals surface area contributed by atoms with E-state index in [0.717, 1.165) is 12.0 Å². The predicted molar refractivity (Wildman–Crippen MR) is 64.2 cm³/mol. The van der Waals surface area contributed by atoms with Crippen molar-refractivity contribution in [1.82, 2.24) is 4.72 Å². The minimum Gasteiger partial charge on any atom is -0.368 e. The number of nitrogens with one attached hydrogen (secondary N) is 2. The third-order valence-electron chi connectivity index (χ3n) is 2.51. The molecule has 4 nitrogen and oxygen atoms in total. The molecule has 0 fully saturated rings. The second-order valence-corrected chi connectivity index (χ2v) is 5.90. The summed E-state index contributed by atoms with van der Waals surface area (Å²) >= 11 is 5.90. The molecule has 1 aliphatic rings. The van der Waals surface area contributed by atoms with Crippen molar-refractivity contribution in [3.05, 3.63) is 22.7 Å². The summed E-state index contributed by atoms with van der Waals surface area (Å²) in [6.45, 7) is 3.72. The highest BCUT2D eigenvalue weighted by molar-refractivity contribution is 7.89. The predicted octanol–water partition coefficient (Wildman–Crippen LogP) is 1.95. The summed E-state index contributed by atoms with van der Waals surface area (Å²) in [5.74, 6) is 0. The van der Waals surface area contributed by atoms with Crippen LogP contribution in [0.5, 0.6) is 0 Å². The number of aryl methyl sites for hydroxylation is 1. The van der Waals surface area contributed by atoms with Gasteiger partial charge in [-0.1, -0.05) is 18.5 Å². The number of sulfonamides is 1. The molecular formula is C10H13ClN2O2S. The Morgan fingerprint density at radius 2 is 2.12 bits per heavy atom. The van der Waals surface area contributed by atoms with Gasteiger partial charge in [0, 0.05) is 5.02 Å². The van der Waals surface area contributed by atoms with Crippen molar-refractivity contribution in [3.8, 4) is 0 Å². The lowest BCUT2D eigenvalue weighted by Gasteiger charge is -2.27. The van der Waals surface area contributed by atoms with Gasteiger partial charge in [0.2, 0.25) is 10.0 Å². The molecule has 1 aliphatic heterocycles. The Morgan fingerprint density at radius 3 is 2.75 bits per heavy atom. The summed E-state index contributed by atoms with van der Waals surface area (Å²) < 4.78 is 26.3. The minimum absolute atomic E-state index is 0.231. The van der Waals surface area contributed by atoms with E-state index in [0.29, 0.717) is 10.7 Å². The summed E-state index contributed by atoms with van der Waals surface area (Å²) in [5.41, 5.74) is 1.58. The third kappa shape index (κ3) is 1.90. The van der Waals surface area contributed by atoms with Crippen LogP contribution in [-0.4, -0.2) is 14.6 Å². The SMILES string of the molecule is CCc1cc(Cl)cc2c1NC(C)NS2(=O)=O. The van der Waals surface area contributed by atoms with Gasteiger partial charge in [-0.3, -0.25) is 0 Å². The Hall–Kier alpha value is -0.780. The number of anilines is 1. The first-order chi connectivity index (χ1) is 7.44. The molecule has 1 aromatic carbocycles. The largest absolute Gasteiger partial charge is 0.368 e. The van der Waals surface area contributed by atoms with Gasteiger partial charge >= 0.3 is 0 Å². The zero-order valence-electron chi connectivity index (χ0n) is 9.04. The van der Waals surface area contributed by atoms with Crippen molar-refractivity contribution in [1.29, 1.82) is 0 Å². The van der Waals surface area contributed by atoms with Gasteiger partial charge in [-0.2, -0.15) is 4.72 Å². The number of hydrogen-bond donors (Lipinski definition) is 2. The molecule has 0 amide bonds. The summed E-state index contributed by atoms with van der Waals surface area (Å²) in [4.78, 5) is 0.231. The van der Waals surface area contributed by atoms with Gasteiger partial charge in [-0.05, 0) is 31.0 Å². The van der Waals surface area contributed by atoms with Gasteiger partial charge in [0.15, 0.2) is 0 Å². The van der Waals surface area contributed by atoms with E-state index in [-0.39, 0.29) is 11.1 Å². The van der Waals surface area contributed by atoms with E-state index >= 15 is 0 Å². The summed E-state index contributed by atoms with van der Waals surface area (Å²) in [6, 6.07) is 3.26. The highest BCUT2D eigenvalue weighted by atomic mass is 35.5. The van der Waals surface area contributed by atoms with Crippen LogP contribution in [0.15, 0.2) is 17.0 Å². The maximum atomic E-state index is 11.9. The maximum absolute atomic E-state index is 11.9. The lowest BCUT2D eigenvalue weighted by molar-refractivity contribution is 0.565. The van der Waals surface area contributed by atoms with Crippen LogP contribution in [0.25, 0.3) is 0 Å². The average molecular weight is 261 g/mol. The van der Waals surface area contributed by atoms with E-state index in [9.17, 15) is 8.42 Å². The van der Waals surface area contributed by atoms with E-state index in [1.165, 1.54) is 6.07 Å². The van der Waals surface area contributed by atoms with Crippen LogP contribution in [0.2, 0.25) is 5.02 Å². The molecule has 1 unspecified atom stereocenters. The second-order valence-electron chi connectivity index (χ2n) is 3.78. The highest BCUT2D eigenvalue weighted by Gasteiger charge is 2.28. The summed E-state index contributed by atoms with van der Waals surface area (Å²) in [6.07, 6.45) is 0.432. The fourth-order valence-electron chi connectivity index (χ4n) is 1.83. The van der Waals surface area contributed by atoms with E-state index in [4.69, 9.17) is 11.6 Å². The monoisotopic (exact) mass is 260 g/mol. The molecule has 2 rings (SSSR count). The maximum Gasteiger partial charge on any atom is 0.244 e. The number of hydrogen-bond acceptors (Lipinski definition) is 3. The normalized spacial score (nSPS) is 22.3. The lowest BCUT2D eigenvalue weighted by atomic mass is 10.1. The van der Waals surface area contributed by atoms with Gasteiger partial charge in [-0.15, -0.1) is 0 Å². The molecule has 16 heavy (non-hydrogen) atoms. The van der Waals surface area contributed by atoms with Gasteiger partial charge in [0.25, 0.3) is 0 Å². The molecule has 88 valence electrons. The van der Waals surface area contributed by atoms with Crippen molar-refractivity contribution < 1.29 is 8.42 Å². The van der Waals surface area contributed by atoms with Crippen LogP contribution < -0.4 is 10.0 Å². The average Bonchev–Trinajstić information content (AvgIpc) is 2.17. The van der Waals surface area contributed by atoms with Crippen LogP contribution >= 0.6 is 11.6 Å². The van der Waals surface area contributed by atoms with Crippen LogP contribution in [0, 0.1) is 0 Å². The number of benzene rings is 1. The van der Waals surface area contributed by atoms with Crippen molar-refractivity contribution >= 4 is 27.3 Å². The van der Waals surface area contributed by atoms with Crippen LogP contribution in [-0.2, 0) is 16.4 Å². The Morgan fingerprint density at radius 1 is 1.44 bits per heavy atom. The van der Waals surface area contributed by atoms with E-state index in [1.54, 1.807) is 13.0 Å². The van der Waals surface area contributed by atoms with Crippen LogP contribution in [0.1, 0.15) is 19.4 Å². The molecule has 1 atom stereocenters. The lowest BCUT2D eigenvalue weighted by Crippen LogP contribution is -2.42. The molecule has 0 aliphatic carbocycles. The van der Waals surface area contributed by atoms with Crippen molar-refractivity contribution in [2.75, 3.05) is 5.32 Å². The molecule has 0 spiro atoms. The quantitative estimate of drug-likeness (QED) is 0.812. The Kier molecular flexibility index (Phi) is 2.86. The van der Waals surface area contributed by atoms with Crippen LogP contribution in [0.3, 0.4) is 0 Å². The zero-order chi connectivity index (χ0) is 11.9. The summed E-state index contributed by atoms with van der Waals surface area (Å²) in [5, 5.41) is 3.56. The Labute approximate surface area is 100 Å². The molecule has 0 radical (unpaired) electrons. The van der Waals surface area contributed by atoms with Crippen molar-refractivity contribution in [3.63, 3.8) is 0 Å². The molecule has 1 heterocycles. The molecule has 6 heteroatoms. The fourth-order valence-corrected chi connectivity index (χ4v) is 3.53. The number of rotatable bonds is 1. The Bertz CT molecular complexity index is 528. The third-order valence-corrected chi connectivity index (χ3v) is 4.29. The second kappa shape index (κ2) is 3.91. The van der Waals surface area contributed by atoms with E-state index in [2.05, 4.69) is 10.0 Å². The standard InChI is InChI=1S/C10H13ClN2O2S/c1-3-7-4-8(11)5-9-10(7)12-6(2)13-16(9,14)15/h4-6,12-13H,3H2,1-2H3. The van der Waals surface area contributed by atoms with Gasteiger partial charge in [0.1, 0.15) is 4.90 Å².